The van der Waals surface area contributed by atoms with Gasteiger partial charge in [-0.2, -0.15) is 0 Å². The Balaban J connectivity index is 2.20. The number of aromatic nitrogens is 2. The molecule has 0 saturated carbocycles. The van der Waals surface area contributed by atoms with Gasteiger partial charge < -0.3 is 5.32 Å². The molecule has 0 aliphatic carbocycles. The molecule has 1 aromatic heterocycles. The zero-order chi connectivity index (χ0) is 9.97. The van der Waals surface area contributed by atoms with Gasteiger partial charge in [0.25, 0.3) is 0 Å². The van der Waals surface area contributed by atoms with Crippen LogP contribution in [-0.2, 0) is 4.79 Å². The van der Waals surface area contributed by atoms with Crippen molar-refractivity contribution in [2.45, 2.75) is 18.8 Å². The zero-order valence-corrected chi connectivity index (χ0v) is 7.73. The monoisotopic (exact) mass is 189 g/mol. The topological polar surface area (TPSA) is 54.9 Å². The third-order valence-corrected chi connectivity index (χ3v) is 2.33. The number of rotatable bonds is 1. The highest BCUT2D eigenvalue weighted by atomic mass is 16.2. The van der Waals surface area contributed by atoms with E-state index >= 15 is 0 Å². The van der Waals surface area contributed by atoms with Crippen LogP contribution in [-0.4, -0.2) is 15.9 Å². The molecule has 1 amide bonds. The molecule has 0 spiro atoms. The molecule has 0 aromatic carbocycles. The summed E-state index contributed by atoms with van der Waals surface area (Å²) in [5.41, 5.74) is 1.67. The van der Waals surface area contributed by atoms with Crippen LogP contribution < -0.4 is 5.32 Å². The third-order valence-electron chi connectivity index (χ3n) is 2.33. The van der Waals surface area contributed by atoms with Gasteiger partial charge in [0.15, 0.2) is 0 Å². The van der Waals surface area contributed by atoms with Crippen molar-refractivity contribution in [3.05, 3.63) is 36.6 Å². The average Bonchev–Trinajstić information content (AvgIpc) is 2.19. The van der Waals surface area contributed by atoms with Crippen molar-refractivity contribution >= 4 is 5.91 Å². The molecule has 72 valence electrons. The molecule has 2 heterocycles. The Kier molecular flexibility index (Phi) is 2.26. The van der Waals surface area contributed by atoms with E-state index in [1.807, 2.05) is 0 Å². The fraction of sp³-hybridized carbons (Fsp3) is 0.300. The van der Waals surface area contributed by atoms with Gasteiger partial charge in [-0.25, -0.2) is 9.97 Å². The second-order valence-electron chi connectivity index (χ2n) is 3.36. The van der Waals surface area contributed by atoms with Gasteiger partial charge in [0.05, 0.1) is 5.92 Å². The smallest absolute Gasteiger partial charge is 0.231 e. The number of amides is 1. The van der Waals surface area contributed by atoms with Gasteiger partial charge in [-0.05, 0) is 12.8 Å². The van der Waals surface area contributed by atoms with Crippen LogP contribution >= 0.6 is 0 Å². The highest BCUT2D eigenvalue weighted by Crippen LogP contribution is 2.25. The lowest BCUT2D eigenvalue weighted by atomic mass is 9.92. The minimum absolute atomic E-state index is 0.00366. The Morgan fingerprint density at radius 2 is 2.14 bits per heavy atom. The molecule has 0 bridgehead atoms. The third kappa shape index (κ3) is 1.64. The Bertz CT molecular complexity index is 361. The fourth-order valence-corrected chi connectivity index (χ4v) is 1.58. The minimum atomic E-state index is -0.123. The lowest BCUT2D eigenvalue weighted by Crippen LogP contribution is -2.33. The largest absolute Gasteiger partial charge is 0.330 e. The summed E-state index contributed by atoms with van der Waals surface area (Å²) in [4.78, 5) is 19.4. The number of piperidine rings is 1. The normalized spacial score (nSPS) is 21.9. The molecule has 1 unspecified atom stereocenters. The molecule has 1 fully saturated rings. The number of allylic oxidation sites excluding steroid dienone is 1. The van der Waals surface area contributed by atoms with E-state index in [1.165, 1.54) is 6.33 Å². The number of nitrogens with zero attached hydrogens (tertiary/aromatic N) is 2. The van der Waals surface area contributed by atoms with Crippen LogP contribution in [0.25, 0.3) is 0 Å². The quantitative estimate of drug-likeness (QED) is 0.716. The standard InChI is InChI=1S/C10H11N3O/c1-7-2-3-9(10(14)13-7)8-4-11-6-12-5-8/h4-6,9H,1-3H2,(H,13,14). The lowest BCUT2D eigenvalue weighted by molar-refractivity contribution is -0.122. The van der Waals surface area contributed by atoms with Crippen LogP contribution in [0, 0.1) is 0 Å². The molecule has 1 aromatic rings. The van der Waals surface area contributed by atoms with Crippen LogP contribution in [0.3, 0.4) is 0 Å². The van der Waals surface area contributed by atoms with Crippen molar-refractivity contribution in [1.82, 2.24) is 15.3 Å². The summed E-state index contributed by atoms with van der Waals surface area (Å²) in [6.45, 7) is 3.73. The molecule has 1 aliphatic rings. The molecule has 4 nitrogen and oxygen atoms in total. The first kappa shape index (κ1) is 8.87. The maximum absolute atomic E-state index is 11.6. The second kappa shape index (κ2) is 3.57. The molecule has 2 rings (SSSR count). The van der Waals surface area contributed by atoms with Crippen LogP contribution in [0.15, 0.2) is 31.0 Å². The second-order valence-corrected chi connectivity index (χ2v) is 3.36. The van der Waals surface area contributed by atoms with Crippen molar-refractivity contribution < 1.29 is 4.79 Å². The minimum Gasteiger partial charge on any atom is -0.330 e. The van der Waals surface area contributed by atoms with E-state index in [0.29, 0.717) is 0 Å². The Morgan fingerprint density at radius 3 is 2.79 bits per heavy atom. The maximum Gasteiger partial charge on any atom is 0.231 e. The molecular weight excluding hydrogens is 178 g/mol. The van der Waals surface area contributed by atoms with E-state index in [1.54, 1.807) is 12.4 Å². The molecule has 0 radical (unpaired) electrons. The summed E-state index contributed by atoms with van der Waals surface area (Å²) in [6.07, 6.45) is 6.45. The van der Waals surface area contributed by atoms with Gasteiger partial charge in [-0.1, -0.05) is 6.58 Å². The molecule has 1 atom stereocenters. The number of nitrogens with one attached hydrogen (secondary N) is 1. The number of carbonyl (C=O) groups is 1. The Hall–Kier alpha value is -1.71. The summed E-state index contributed by atoms with van der Waals surface area (Å²) in [7, 11) is 0. The van der Waals surface area contributed by atoms with Crippen molar-refractivity contribution in [1.29, 1.82) is 0 Å². The van der Waals surface area contributed by atoms with Gasteiger partial charge >= 0.3 is 0 Å². The van der Waals surface area contributed by atoms with E-state index < -0.39 is 0 Å². The summed E-state index contributed by atoms with van der Waals surface area (Å²) >= 11 is 0. The number of hydrogen-bond acceptors (Lipinski definition) is 3. The van der Waals surface area contributed by atoms with E-state index in [4.69, 9.17) is 0 Å². The van der Waals surface area contributed by atoms with Crippen LogP contribution in [0.5, 0.6) is 0 Å². The predicted molar refractivity (Wildman–Crippen MR) is 51.3 cm³/mol. The van der Waals surface area contributed by atoms with Gasteiger partial charge in [-0.15, -0.1) is 0 Å². The van der Waals surface area contributed by atoms with Gasteiger partial charge in [-0.3, -0.25) is 4.79 Å². The Morgan fingerprint density at radius 1 is 1.43 bits per heavy atom. The number of carbonyl (C=O) groups excluding carboxylic acids is 1. The SMILES string of the molecule is C=C1CCC(c2cncnc2)C(=O)N1. The van der Waals surface area contributed by atoms with Crippen molar-refractivity contribution in [3.8, 4) is 0 Å². The lowest BCUT2D eigenvalue weighted by Gasteiger charge is -2.22. The molecular formula is C10H11N3O. The van der Waals surface area contributed by atoms with Crippen LogP contribution in [0.4, 0.5) is 0 Å². The van der Waals surface area contributed by atoms with Gasteiger partial charge in [0, 0.05) is 23.7 Å². The summed E-state index contributed by atoms with van der Waals surface area (Å²) in [6, 6.07) is 0. The molecule has 1 aliphatic heterocycles. The van der Waals surface area contributed by atoms with Gasteiger partial charge in [0.1, 0.15) is 6.33 Å². The number of hydrogen-bond donors (Lipinski definition) is 1. The van der Waals surface area contributed by atoms with E-state index in [0.717, 1.165) is 24.1 Å². The summed E-state index contributed by atoms with van der Waals surface area (Å²) in [5.74, 6) is -0.127. The average molecular weight is 189 g/mol. The molecule has 4 heteroatoms. The molecule has 1 saturated heterocycles. The van der Waals surface area contributed by atoms with E-state index in [9.17, 15) is 4.79 Å². The fourth-order valence-electron chi connectivity index (χ4n) is 1.58. The van der Waals surface area contributed by atoms with Crippen molar-refractivity contribution in [2.75, 3.05) is 0 Å². The maximum atomic E-state index is 11.6. The van der Waals surface area contributed by atoms with Crippen LogP contribution in [0.1, 0.15) is 24.3 Å². The predicted octanol–water partition coefficient (Wildman–Crippen LogP) is 0.984. The first-order valence-electron chi connectivity index (χ1n) is 4.51. The van der Waals surface area contributed by atoms with E-state index in [2.05, 4.69) is 21.9 Å². The highest BCUT2D eigenvalue weighted by molar-refractivity contribution is 5.85. The zero-order valence-electron chi connectivity index (χ0n) is 7.73. The highest BCUT2D eigenvalue weighted by Gasteiger charge is 2.25. The van der Waals surface area contributed by atoms with Crippen molar-refractivity contribution in [2.24, 2.45) is 0 Å². The van der Waals surface area contributed by atoms with E-state index in [-0.39, 0.29) is 11.8 Å². The summed E-state index contributed by atoms with van der Waals surface area (Å²) in [5, 5.41) is 2.74. The Labute approximate surface area is 82.1 Å². The summed E-state index contributed by atoms with van der Waals surface area (Å²) < 4.78 is 0. The molecule has 14 heavy (non-hydrogen) atoms. The van der Waals surface area contributed by atoms with Crippen LogP contribution in [0.2, 0.25) is 0 Å². The van der Waals surface area contributed by atoms with Gasteiger partial charge in [0.2, 0.25) is 5.91 Å². The van der Waals surface area contributed by atoms with Crippen molar-refractivity contribution in [3.63, 3.8) is 0 Å². The first-order chi connectivity index (χ1) is 6.77. The molecule has 1 N–H and O–H groups in total. The first-order valence-corrected chi connectivity index (χ1v) is 4.51.